The van der Waals surface area contributed by atoms with Crippen LogP contribution in [0.4, 0.5) is 0 Å². The molecule has 0 radical (unpaired) electrons. The Morgan fingerprint density at radius 2 is 2.11 bits per heavy atom. The zero-order valence-electron chi connectivity index (χ0n) is 10.1. The molecule has 0 N–H and O–H groups in total. The third-order valence-electron chi connectivity index (χ3n) is 3.78. The molecule has 0 spiro atoms. The molecule has 2 atom stereocenters. The highest BCUT2D eigenvalue weighted by molar-refractivity contribution is 9.10. The monoisotopic (exact) mass is 327 g/mol. The zero-order valence-corrected chi connectivity index (χ0v) is 12.5. The first-order chi connectivity index (χ1) is 8.45. The van der Waals surface area contributed by atoms with Gasteiger partial charge in [0.05, 0.1) is 11.0 Å². The molecule has 5 heteroatoms. The first kappa shape index (κ1) is 13.6. The van der Waals surface area contributed by atoms with Gasteiger partial charge in [-0.3, -0.25) is 0 Å². The van der Waals surface area contributed by atoms with Crippen LogP contribution in [0.1, 0.15) is 26.2 Å². The Morgan fingerprint density at radius 3 is 2.61 bits per heavy atom. The van der Waals surface area contributed by atoms with Gasteiger partial charge in [-0.25, -0.2) is 8.42 Å². The summed E-state index contributed by atoms with van der Waals surface area (Å²) in [5.41, 5.74) is 0. The minimum atomic E-state index is -3.64. The number of hydrogen-bond acceptors (Lipinski definition) is 3. The Bertz CT molecular complexity index is 606. The van der Waals surface area contributed by atoms with Crippen LogP contribution in [-0.4, -0.2) is 13.2 Å². The first-order valence-corrected chi connectivity index (χ1v) is 8.14. The molecule has 0 aliphatic heterocycles. The third kappa shape index (κ3) is 1.79. The van der Waals surface area contributed by atoms with Gasteiger partial charge in [0.15, 0.2) is 14.6 Å². The molecular weight excluding hydrogens is 314 g/mol. The van der Waals surface area contributed by atoms with E-state index in [1.807, 2.05) is 6.92 Å². The summed E-state index contributed by atoms with van der Waals surface area (Å²) in [6.45, 7) is 1.85. The first-order valence-electron chi connectivity index (χ1n) is 5.86. The minimum absolute atomic E-state index is 0.125. The molecule has 1 aromatic rings. The van der Waals surface area contributed by atoms with Gasteiger partial charge in [-0.1, -0.05) is 25.5 Å². The number of nitrogens with zero attached hydrogens (tertiary/aromatic N) is 1. The summed E-state index contributed by atoms with van der Waals surface area (Å²) < 4.78 is 24.8. The van der Waals surface area contributed by atoms with Crippen LogP contribution >= 0.6 is 15.9 Å². The number of sulfone groups is 1. The molecule has 18 heavy (non-hydrogen) atoms. The summed E-state index contributed by atoms with van der Waals surface area (Å²) >= 11 is 3.26. The standard InChI is InChI=1S/C13H14BrNO2S/c1-10-5-4-8-13(10,9-15)18(16,17)12-7-3-2-6-11(12)14/h2-3,6-7,10H,4-5,8H2,1H3. The van der Waals surface area contributed by atoms with Crippen molar-refractivity contribution in [3.8, 4) is 6.07 Å². The van der Waals surface area contributed by atoms with Crippen molar-refractivity contribution in [2.45, 2.75) is 35.8 Å². The highest BCUT2D eigenvalue weighted by atomic mass is 79.9. The quantitative estimate of drug-likeness (QED) is 0.837. The Labute approximate surface area is 116 Å². The largest absolute Gasteiger partial charge is 0.222 e. The van der Waals surface area contributed by atoms with Gasteiger partial charge in [-0.2, -0.15) is 5.26 Å². The molecule has 2 rings (SSSR count). The topological polar surface area (TPSA) is 57.9 Å². The molecule has 0 aromatic heterocycles. The van der Waals surface area contributed by atoms with E-state index in [1.54, 1.807) is 24.3 Å². The molecule has 0 saturated heterocycles. The molecule has 2 unspecified atom stereocenters. The second-order valence-corrected chi connectivity index (χ2v) is 7.76. The van der Waals surface area contributed by atoms with Crippen LogP contribution in [0.3, 0.4) is 0 Å². The van der Waals surface area contributed by atoms with Crippen LogP contribution in [0, 0.1) is 17.2 Å². The van der Waals surface area contributed by atoms with Crippen molar-refractivity contribution in [2.75, 3.05) is 0 Å². The lowest BCUT2D eigenvalue weighted by Crippen LogP contribution is -2.39. The van der Waals surface area contributed by atoms with Gasteiger partial charge in [0.1, 0.15) is 0 Å². The maximum absolute atomic E-state index is 12.8. The number of benzene rings is 1. The van der Waals surface area contributed by atoms with Gasteiger partial charge in [-0.05, 0) is 46.8 Å². The van der Waals surface area contributed by atoms with Crippen molar-refractivity contribution < 1.29 is 8.42 Å². The summed E-state index contributed by atoms with van der Waals surface area (Å²) in [4.78, 5) is 0.223. The van der Waals surface area contributed by atoms with E-state index in [0.717, 1.165) is 12.8 Å². The highest BCUT2D eigenvalue weighted by Gasteiger charge is 2.52. The van der Waals surface area contributed by atoms with E-state index in [-0.39, 0.29) is 10.8 Å². The number of halogens is 1. The number of rotatable bonds is 2. The van der Waals surface area contributed by atoms with E-state index >= 15 is 0 Å². The molecule has 0 bridgehead atoms. The maximum atomic E-state index is 12.8. The predicted molar refractivity (Wildman–Crippen MR) is 72.7 cm³/mol. The van der Waals surface area contributed by atoms with Crippen molar-refractivity contribution in [3.63, 3.8) is 0 Å². The fourth-order valence-corrected chi connectivity index (χ4v) is 5.71. The van der Waals surface area contributed by atoms with Crippen molar-refractivity contribution in [1.82, 2.24) is 0 Å². The Hall–Kier alpha value is -0.860. The molecule has 1 aliphatic rings. The summed E-state index contributed by atoms with van der Waals surface area (Å²) in [6, 6.07) is 8.78. The third-order valence-corrected chi connectivity index (χ3v) is 7.32. The molecule has 0 heterocycles. The molecule has 1 aromatic carbocycles. The fourth-order valence-electron chi connectivity index (χ4n) is 2.63. The molecule has 0 amide bonds. The maximum Gasteiger partial charge on any atom is 0.198 e. The Balaban J connectivity index is 2.63. The molecular formula is C13H14BrNO2S. The predicted octanol–water partition coefficient (Wildman–Crippen LogP) is 3.31. The van der Waals surface area contributed by atoms with Gasteiger partial charge in [0.2, 0.25) is 0 Å². The minimum Gasteiger partial charge on any atom is -0.222 e. The van der Waals surface area contributed by atoms with E-state index < -0.39 is 14.6 Å². The van der Waals surface area contributed by atoms with Crippen LogP contribution in [-0.2, 0) is 9.84 Å². The van der Waals surface area contributed by atoms with E-state index in [2.05, 4.69) is 22.0 Å². The summed E-state index contributed by atoms with van der Waals surface area (Å²) in [6.07, 6.45) is 2.00. The molecule has 1 saturated carbocycles. The van der Waals surface area contributed by atoms with Crippen LogP contribution in [0.2, 0.25) is 0 Å². The summed E-state index contributed by atoms with van der Waals surface area (Å²) in [7, 11) is -3.64. The lowest BCUT2D eigenvalue weighted by atomic mass is 9.99. The normalized spacial score (nSPS) is 27.9. The lowest BCUT2D eigenvalue weighted by molar-refractivity contribution is 0.494. The SMILES string of the molecule is CC1CCCC1(C#N)S(=O)(=O)c1ccccc1Br. The van der Waals surface area contributed by atoms with E-state index in [9.17, 15) is 13.7 Å². The number of nitriles is 1. The smallest absolute Gasteiger partial charge is 0.198 e. The Kier molecular flexibility index (Phi) is 3.52. The van der Waals surface area contributed by atoms with Gasteiger partial charge < -0.3 is 0 Å². The molecule has 1 aliphatic carbocycles. The zero-order chi connectivity index (χ0) is 13.4. The molecule has 3 nitrogen and oxygen atoms in total. The van der Waals surface area contributed by atoms with Crippen LogP contribution in [0.5, 0.6) is 0 Å². The molecule has 96 valence electrons. The fraction of sp³-hybridized carbons (Fsp3) is 0.462. The highest BCUT2D eigenvalue weighted by Crippen LogP contribution is 2.45. The van der Waals surface area contributed by atoms with Gasteiger partial charge in [0, 0.05) is 4.47 Å². The summed E-state index contributed by atoms with van der Waals surface area (Å²) in [5, 5.41) is 9.43. The van der Waals surface area contributed by atoms with Gasteiger partial charge in [-0.15, -0.1) is 0 Å². The van der Waals surface area contributed by atoms with Crippen molar-refractivity contribution in [3.05, 3.63) is 28.7 Å². The van der Waals surface area contributed by atoms with Crippen LogP contribution in [0.15, 0.2) is 33.6 Å². The van der Waals surface area contributed by atoms with E-state index in [4.69, 9.17) is 0 Å². The van der Waals surface area contributed by atoms with Crippen molar-refractivity contribution in [2.24, 2.45) is 5.92 Å². The molecule has 1 fully saturated rings. The van der Waals surface area contributed by atoms with E-state index in [0.29, 0.717) is 10.9 Å². The van der Waals surface area contributed by atoms with Gasteiger partial charge >= 0.3 is 0 Å². The average Bonchev–Trinajstić information content (AvgIpc) is 2.72. The second-order valence-electron chi connectivity index (χ2n) is 4.73. The lowest BCUT2D eigenvalue weighted by Gasteiger charge is -2.26. The Morgan fingerprint density at radius 1 is 1.44 bits per heavy atom. The van der Waals surface area contributed by atoms with E-state index in [1.165, 1.54) is 0 Å². The van der Waals surface area contributed by atoms with Crippen molar-refractivity contribution in [1.29, 1.82) is 5.26 Å². The van der Waals surface area contributed by atoms with Crippen LogP contribution in [0.25, 0.3) is 0 Å². The number of hydrogen-bond donors (Lipinski definition) is 0. The second kappa shape index (κ2) is 4.67. The van der Waals surface area contributed by atoms with Crippen LogP contribution < -0.4 is 0 Å². The van der Waals surface area contributed by atoms with Crippen molar-refractivity contribution >= 4 is 25.8 Å². The summed E-state index contributed by atoms with van der Waals surface area (Å²) in [5.74, 6) is -0.125. The van der Waals surface area contributed by atoms with Gasteiger partial charge in [0.25, 0.3) is 0 Å². The average molecular weight is 328 g/mol.